The number of aromatic nitrogens is 4. The first kappa shape index (κ1) is 26.9. The average molecular weight is 563 g/mol. The fraction of sp³-hybridized carbons (Fsp3) is 0.382. The van der Waals surface area contributed by atoms with E-state index in [0.29, 0.717) is 30.5 Å². The molecule has 5 heterocycles. The van der Waals surface area contributed by atoms with Gasteiger partial charge in [-0.2, -0.15) is 4.52 Å². The molecule has 1 N–H and O–H groups in total. The molecule has 2 fully saturated rings. The molecule has 0 unspecified atom stereocenters. The standard InChI is InChI=1S/C34H38N6O2/c41-34(23-28-10-5-2-6-11-28)15-19-38(20-16-34)25-29-24-35-33(40-32(29)36-31(37-40)30-12-7-21-42-30)39-17-13-27(14-18-39)22-26-8-3-1-4-9-26/h1-12,21,24,27,41H,13-20,22-23,25H2. The molecule has 0 saturated carbocycles. The number of anilines is 1. The summed E-state index contributed by atoms with van der Waals surface area (Å²) >= 11 is 0. The van der Waals surface area contributed by atoms with E-state index in [-0.39, 0.29) is 0 Å². The van der Waals surface area contributed by atoms with E-state index in [1.54, 1.807) is 6.26 Å². The molecule has 216 valence electrons. The van der Waals surface area contributed by atoms with Crippen molar-refractivity contribution < 1.29 is 9.52 Å². The Hall–Kier alpha value is -4.01. The quantitative estimate of drug-likeness (QED) is 0.271. The van der Waals surface area contributed by atoms with Crippen LogP contribution in [0.15, 0.2) is 89.7 Å². The molecule has 8 nitrogen and oxygen atoms in total. The third-order valence-corrected chi connectivity index (χ3v) is 8.98. The molecule has 2 aromatic carbocycles. The number of likely N-dealkylation sites (tertiary alicyclic amines) is 1. The van der Waals surface area contributed by atoms with E-state index >= 15 is 0 Å². The molecular formula is C34H38N6O2. The van der Waals surface area contributed by atoms with Gasteiger partial charge in [0.05, 0.1) is 11.9 Å². The molecule has 0 bridgehead atoms. The zero-order chi connectivity index (χ0) is 28.4. The Morgan fingerprint density at radius 3 is 2.26 bits per heavy atom. The Kier molecular flexibility index (Phi) is 7.48. The lowest BCUT2D eigenvalue weighted by Crippen LogP contribution is -2.45. The van der Waals surface area contributed by atoms with E-state index in [1.165, 1.54) is 11.1 Å². The topological polar surface area (TPSA) is 82.9 Å². The van der Waals surface area contributed by atoms with Crippen molar-refractivity contribution in [2.45, 2.75) is 50.7 Å². The Morgan fingerprint density at radius 1 is 0.857 bits per heavy atom. The summed E-state index contributed by atoms with van der Waals surface area (Å²) in [4.78, 5) is 14.7. The molecule has 0 radical (unpaired) electrons. The highest BCUT2D eigenvalue weighted by atomic mass is 16.3. The number of rotatable bonds is 8. The van der Waals surface area contributed by atoms with Gasteiger partial charge in [-0.05, 0) is 61.3 Å². The molecule has 3 aromatic heterocycles. The lowest BCUT2D eigenvalue weighted by atomic mass is 9.85. The zero-order valence-electron chi connectivity index (χ0n) is 24.0. The monoisotopic (exact) mass is 562 g/mol. The number of benzene rings is 2. The van der Waals surface area contributed by atoms with Gasteiger partial charge in [-0.1, -0.05) is 60.7 Å². The van der Waals surface area contributed by atoms with E-state index in [0.717, 1.165) is 75.4 Å². The minimum Gasteiger partial charge on any atom is -0.461 e. The highest BCUT2D eigenvalue weighted by Crippen LogP contribution is 2.30. The third-order valence-electron chi connectivity index (χ3n) is 8.98. The predicted molar refractivity (Wildman–Crippen MR) is 163 cm³/mol. The number of furan rings is 1. The van der Waals surface area contributed by atoms with Crippen LogP contribution >= 0.6 is 0 Å². The Morgan fingerprint density at radius 2 is 1.57 bits per heavy atom. The highest BCUT2D eigenvalue weighted by Gasteiger charge is 2.33. The molecule has 5 aromatic rings. The van der Waals surface area contributed by atoms with Crippen LogP contribution < -0.4 is 4.90 Å². The van der Waals surface area contributed by atoms with Crippen molar-refractivity contribution in [3.8, 4) is 11.6 Å². The van der Waals surface area contributed by atoms with Crippen molar-refractivity contribution >= 4 is 11.6 Å². The molecule has 0 amide bonds. The molecule has 0 spiro atoms. The molecule has 0 aliphatic carbocycles. The summed E-state index contributed by atoms with van der Waals surface area (Å²) in [6.07, 6.45) is 9.19. The Labute approximate surface area is 246 Å². The first-order chi connectivity index (χ1) is 20.6. The molecular weight excluding hydrogens is 524 g/mol. The molecule has 2 saturated heterocycles. The molecule has 2 aliphatic rings. The summed E-state index contributed by atoms with van der Waals surface area (Å²) in [5, 5.41) is 16.2. The molecule has 7 rings (SSSR count). The van der Waals surface area contributed by atoms with Gasteiger partial charge in [0.1, 0.15) is 0 Å². The maximum absolute atomic E-state index is 11.3. The fourth-order valence-electron chi connectivity index (χ4n) is 6.55. The molecule has 8 heteroatoms. The van der Waals surface area contributed by atoms with Crippen LogP contribution in [0.2, 0.25) is 0 Å². The second kappa shape index (κ2) is 11.7. The van der Waals surface area contributed by atoms with Gasteiger partial charge in [0.2, 0.25) is 11.8 Å². The van der Waals surface area contributed by atoms with E-state index in [1.807, 2.05) is 41.0 Å². The van der Waals surface area contributed by atoms with Crippen LogP contribution in [0.5, 0.6) is 0 Å². The van der Waals surface area contributed by atoms with Crippen LogP contribution in [0, 0.1) is 5.92 Å². The molecule has 0 atom stereocenters. The summed E-state index contributed by atoms with van der Waals surface area (Å²) in [5.74, 6) is 2.74. The SMILES string of the molecule is OC1(Cc2ccccc2)CCN(Cc2cnc(N3CCC(Cc4ccccc4)CC3)n3nc(-c4ccco4)nc23)CC1. The minimum absolute atomic E-state index is 0.574. The van der Waals surface area contributed by atoms with Crippen molar-refractivity contribution in [1.29, 1.82) is 0 Å². The van der Waals surface area contributed by atoms with Crippen LogP contribution in [-0.2, 0) is 19.4 Å². The second-order valence-corrected chi connectivity index (χ2v) is 12.0. The van der Waals surface area contributed by atoms with Crippen molar-refractivity contribution in [2.24, 2.45) is 5.92 Å². The Bertz CT molecular complexity index is 1590. The van der Waals surface area contributed by atoms with Gasteiger partial charge in [-0.15, -0.1) is 5.10 Å². The maximum atomic E-state index is 11.3. The maximum Gasteiger partial charge on any atom is 0.228 e. The number of nitrogens with zero attached hydrogens (tertiary/aromatic N) is 6. The number of aliphatic hydroxyl groups is 1. The van der Waals surface area contributed by atoms with Gasteiger partial charge < -0.3 is 14.4 Å². The second-order valence-electron chi connectivity index (χ2n) is 12.0. The van der Waals surface area contributed by atoms with Crippen LogP contribution in [0.1, 0.15) is 42.4 Å². The number of hydrogen-bond acceptors (Lipinski definition) is 7. The van der Waals surface area contributed by atoms with Crippen LogP contribution in [0.4, 0.5) is 5.95 Å². The summed E-state index contributed by atoms with van der Waals surface area (Å²) in [7, 11) is 0. The zero-order valence-corrected chi connectivity index (χ0v) is 24.0. The van der Waals surface area contributed by atoms with Gasteiger partial charge in [0, 0.05) is 50.9 Å². The van der Waals surface area contributed by atoms with Crippen molar-refractivity contribution in [1.82, 2.24) is 24.5 Å². The number of piperidine rings is 2. The first-order valence-corrected chi connectivity index (χ1v) is 15.2. The van der Waals surface area contributed by atoms with Gasteiger partial charge in [0.15, 0.2) is 11.4 Å². The molecule has 2 aliphatic heterocycles. The van der Waals surface area contributed by atoms with Crippen molar-refractivity contribution in [3.63, 3.8) is 0 Å². The third kappa shape index (κ3) is 5.82. The average Bonchev–Trinajstić information content (AvgIpc) is 3.71. The van der Waals surface area contributed by atoms with Gasteiger partial charge in [0.25, 0.3) is 0 Å². The van der Waals surface area contributed by atoms with Crippen molar-refractivity contribution in [2.75, 3.05) is 31.1 Å². The van der Waals surface area contributed by atoms with Crippen LogP contribution in [0.3, 0.4) is 0 Å². The lowest BCUT2D eigenvalue weighted by molar-refractivity contribution is -0.0224. The van der Waals surface area contributed by atoms with E-state index in [4.69, 9.17) is 19.5 Å². The predicted octanol–water partition coefficient (Wildman–Crippen LogP) is 5.41. The first-order valence-electron chi connectivity index (χ1n) is 15.2. The highest BCUT2D eigenvalue weighted by molar-refractivity contribution is 5.58. The number of hydrogen-bond donors (Lipinski definition) is 1. The number of fused-ring (bicyclic) bond motifs is 1. The lowest BCUT2D eigenvalue weighted by Gasteiger charge is -2.38. The summed E-state index contributed by atoms with van der Waals surface area (Å²) < 4.78 is 7.57. The van der Waals surface area contributed by atoms with E-state index in [9.17, 15) is 5.11 Å². The van der Waals surface area contributed by atoms with Crippen LogP contribution in [-0.4, -0.2) is 61.4 Å². The Balaban J connectivity index is 1.08. The summed E-state index contributed by atoms with van der Waals surface area (Å²) in [5.41, 5.74) is 3.80. The van der Waals surface area contributed by atoms with Crippen molar-refractivity contribution in [3.05, 3.63) is 102 Å². The largest absolute Gasteiger partial charge is 0.461 e. The van der Waals surface area contributed by atoms with Gasteiger partial charge >= 0.3 is 0 Å². The normalized spacial score (nSPS) is 18.1. The summed E-state index contributed by atoms with van der Waals surface area (Å²) in [6.45, 7) is 4.26. The smallest absolute Gasteiger partial charge is 0.228 e. The van der Waals surface area contributed by atoms with E-state index < -0.39 is 5.60 Å². The molecule has 42 heavy (non-hydrogen) atoms. The minimum atomic E-state index is -0.663. The fourth-order valence-corrected chi connectivity index (χ4v) is 6.55. The van der Waals surface area contributed by atoms with Gasteiger partial charge in [-0.25, -0.2) is 9.97 Å². The summed E-state index contributed by atoms with van der Waals surface area (Å²) in [6, 6.07) is 24.9. The van der Waals surface area contributed by atoms with E-state index in [2.05, 4.69) is 52.3 Å². The van der Waals surface area contributed by atoms with Gasteiger partial charge in [-0.3, -0.25) is 4.90 Å². The van der Waals surface area contributed by atoms with Crippen LogP contribution in [0.25, 0.3) is 17.2 Å².